The second-order valence-electron chi connectivity index (χ2n) is 5.81. The molecule has 0 atom stereocenters. The Morgan fingerprint density at radius 3 is 1.31 bits per heavy atom. The molecule has 0 N–H and O–H groups in total. The van der Waals surface area contributed by atoms with E-state index in [0.717, 1.165) is 0 Å². The smallest absolute Gasteiger partial charge is 1.00 e. The van der Waals surface area contributed by atoms with Crippen LogP contribution in [0.1, 0.15) is 0 Å². The summed E-state index contributed by atoms with van der Waals surface area (Å²) in [5.74, 6) is 0. The predicted molar refractivity (Wildman–Crippen MR) is 172 cm³/mol. The normalized spacial score (nSPS) is 9.11. The molecule has 0 saturated heterocycles. The SMILES string of the molecule is Brc1ccc(Br)s1.Brc1cccs1.[Br-].[Mg+2].[c-]1cccs1.c1csc(-c2ccc(-c3cccs3)s2)c1. The maximum absolute atomic E-state index is 3.32. The van der Waals surface area contributed by atoms with E-state index >= 15 is 0 Å². The van der Waals surface area contributed by atoms with Crippen molar-refractivity contribution in [3.63, 3.8) is 0 Å². The van der Waals surface area contributed by atoms with Gasteiger partial charge < -0.3 is 28.3 Å². The molecule has 0 spiro atoms. The zero-order valence-electron chi connectivity index (χ0n) is 17.9. The van der Waals surface area contributed by atoms with E-state index in [2.05, 4.69) is 100 Å². The standard InChI is InChI=1S/C12H8S3.C4H2Br2S.C4H3BrS.C4H3S.BrH.Mg/c1-3-9(13-7-1)11-5-6-12(15-11)10-4-2-8-14-10;5-3-1-2-4(6)7-3;5-4-2-1-3-6-4;1-2-4-5-3-1;;/h1-8H;1-2H;1-3H;1-3H;1H;/q;;;-1;;+2/p-1. The Hall–Kier alpha value is 0.886. The van der Waals surface area contributed by atoms with Crippen LogP contribution in [-0.4, -0.2) is 23.1 Å². The van der Waals surface area contributed by atoms with Gasteiger partial charge in [0.25, 0.3) is 0 Å². The van der Waals surface area contributed by atoms with Crippen LogP contribution in [0.4, 0.5) is 0 Å². The van der Waals surface area contributed by atoms with Crippen molar-refractivity contribution in [2.45, 2.75) is 0 Å². The summed E-state index contributed by atoms with van der Waals surface area (Å²) in [5.41, 5.74) is 0. The Morgan fingerprint density at radius 1 is 0.514 bits per heavy atom. The van der Waals surface area contributed by atoms with E-state index in [0.29, 0.717) is 0 Å². The third-order valence-electron chi connectivity index (χ3n) is 3.54. The molecule has 0 amide bonds. The number of hydrogen-bond acceptors (Lipinski definition) is 6. The van der Waals surface area contributed by atoms with Crippen LogP contribution >= 0.6 is 116 Å². The molecule has 0 fully saturated rings. The van der Waals surface area contributed by atoms with Gasteiger partial charge in [-0.1, -0.05) is 18.2 Å². The Balaban J connectivity index is 0.000000258. The molecule has 0 saturated carbocycles. The van der Waals surface area contributed by atoms with Gasteiger partial charge in [-0.15, -0.1) is 62.1 Å². The first-order valence-electron chi connectivity index (χ1n) is 9.29. The third-order valence-corrected chi connectivity index (χ3v) is 11.0. The molecular weight excluding hydrogens is 825 g/mol. The molecular formula is C24H16Br4MgS6. The van der Waals surface area contributed by atoms with E-state index in [9.17, 15) is 0 Å². The van der Waals surface area contributed by atoms with Gasteiger partial charge in [0, 0.05) is 19.5 Å². The molecule has 0 aliphatic carbocycles. The Kier molecular flexibility index (Phi) is 19.3. The van der Waals surface area contributed by atoms with E-state index in [1.54, 1.807) is 56.7 Å². The van der Waals surface area contributed by atoms with Crippen molar-refractivity contribution in [2.75, 3.05) is 0 Å². The summed E-state index contributed by atoms with van der Waals surface area (Å²) in [4.78, 5) is 5.47. The summed E-state index contributed by atoms with van der Waals surface area (Å²) in [6.45, 7) is 0. The summed E-state index contributed by atoms with van der Waals surface area (Å²) in [6.07, 6.45) is 0. The molecule has 11 heteroatoms. The molecule has 35 heavy (non-hydrogen) atoms. The van der Waals surface area contributed by atoms with Crippen LogP contribution in [0.3, 0.4) is 0 Å². The summed E-state index contributed by atoms with van der Waals surface area (Å²) in [6, 6.07) is 24.9. The van der Waals surface area contributed by atoms with Crippen molar-refractivity contribution in [3.05, 3.63) is 111 Å². The molecule has 6 rings (SSSR count). The number of thiophene rings is 6. The Morgan fingerprint density at radius 2 is 1.06 bits per heavy atom. The molecule has 0 nitrogen and oxygen atoms in total. The molecule has 0 aliphatic heterocycles. The van der Waals surface area contributed by atoms with Crippen LogP contribution in [0.15, 0.2) is 106 Å². The zero-order chi connectivity index (χ0) is 23.3. The van der Waals surface area contributed by atoms with Crippen molar-refractivity contribution in [1.29, 1.82) is 0 Å². The van der Waals surface area contributed by atoms with E-state index < -0.39 is 0 Å². The van der Waals surface area contributed by atoms with Gasteiger partial charge in [-0.05, 0) is 106 Å². The maximum atomic E-state index is 3.32. The summed E-state index contributed by atoms with van der Waals surface area (Å²) < 4.78 is 3.53. The van der Waals surface area contributed by atoms with Gasteiger partial charge in [-0.2, -0.15) is 11.4 Å². The van der Waals surface area contributed by atoms with E-state index in [1.165, 1.54) is 30.9 Å². The monoisotopic (exact) mass is 836 g/mol. The predicted octanol–water partition coefficient (Wildman–Crippen LogP) is 9.16. The fourth-order valence-electron chi connectivity index (χ4n) is 2.19. The molecule has 6 heterocycles. The van der Waals surface area contributed by atoms with Gasteiger partial charge in [0.05, 0.1) is 11.4 Å². The average Bonchev–Trinajstić information content (AvgIpc) is 3.65. The third kappa shape index (κ3) is 13.5. The van der Waals surface area contributed by atoms with Gasteiger partial charge in [0.2, 0.25) is 0 Å². The van der Waals surface area contributed by atoms with Gasteiger partial charge in [-0.3, -0.25) is 0 Å². The van der Waals surface area contributed by atoms with Gasteiger partial charge in [0.1, 0.15) is 0 Å². The molecule has 0 bridgehead atoms. The fourth-order valence-corrected chi connectivity index (χ4v) is 8.60. The minimum absolute atomic E-state index is 0. The first kappa shape index (κ1) is 33.9. The second kappa shape index (κ2) is 19.9. The number of rotatable bonds is 2. The van der Waals surface area contributed by atoms with Crippen molar-refractivity contribution < 1.29 is 17.0 Å². The van der Waals surface area contributed by atoms with Crippen molar-refractivity contribution in [3.8, 4) is 19.5 Å². The minimum Gasteiger partial charge on any atom is -1.00 e. The topological polar surface area (TPSA) is 0 Å². The molecule has 6 aromatic rings. The molecule has 178 valence electrons. The second-order valence-corrected chi connectivity index (χ2v) is 15.7. The van der Waals surface area contributed by atoms with E-state index in [-0.39, 0.29) is 40.0 Å². The summed E-state index contributed by atoms with van der Waals surface area (Å²) in [5, 5.41) is 11.2. The van der Waals surface area contributed by atoms with Crippen LogP contribution in [0.2, 0.25) is 0 Å². The van der Waals surface area contributed by atoms with Crippen LogP contribution < -0.4 is 17.0 Å². The Bertz CT molecular complexity index is 1160. The molecule has 0 aromatic carbocycles. The van der Waals surface area contributed by atoms with Gasteiger partial charge in [0.15, 0.2) is 0 Å². The quantitative estimate of drug-likeness (QED) is 0.121. The minimum atomic E-state index is 0. The largest absolute Gasteiger partial charge is 2.00 e. The van der Waals surface area contributed by atoms with Crippen LogP contribution in [0, 0.1) is 5.38 Å². The molecule has 0 aliphatic rings. The Labute approximate surface area is 282 Å². The van der Waals surface area contributed by atoms with Crippen molar-refractivity contribution in [2.24, 2.45) is 0 Å². The van der Waals surface area contributed by atoms with Gasteiger partial charge >= 0.3 is 23.1 Å². The summed E-state index contributed by atoms with van der Waals surface area (Å²) in [7, 11) is 0. The van der Waals surface area contributed by atoms with E-state index in [1.807, 2.05) is 58.5 Å². The average molecular weight is 841 g/mol. The van der Waals surface area contributed by atoms with Crippen LogP contribution in [0.5, 0.6) is 0 Å². The molecule has 0 unspecified atom stereocenters. The first-order chi connectivity index (χ1) is 16.1. The van der Waals surface area contributed by atoms with Crippen molar-refractivity contribution in [1.82, 2.24) is 0 Å². The van der Waals surface area contributed by atoms with E-state index in [4.69, 9.17) is 0 Å². The summed E-state index contributed by atoms with van der Waals surface area (Å²) >= 11 is 20.4. The van der Waals surface area contributed by atoms with Crippen LogP contribution in [-0.2, 0) is 0 Å². The zero-order valence-corrected chi connectivity index (χ0v) is 30.6. The van der Waals surface area contributed by atoms with Crippen molar-refractivity contribution >= 4 is 139 Å². The fraction of sp³-hybridized carbons (Fsp3) is 0. The first-order valence-corrected chi connectivity index (χ1v) is 16.8. The number of hydrogen-bond donors (Lipinski definition) is 0. The molecule has 6 aromatic heterocycles. The van der Waals surface area contributed by atoms with Crippen LogP contribution in [0.25, 0.3) is 19.5 Å². The molecule has 0 radical (unpaired) electrons. The number of halogens is 4. The van der Waals surface area contributed by atoms with Gasteiger partial charge in [-0.25, -0.2) is 6.07 Å². The maximum Gasteiger partial charge on any atom is 2.00 e.